The molecule has 11 nitrogen and oxygen atoms in total. The number of rotatable bonds is 8. The van der Waals surface area contributed by atoms with Crippen LogP contribution in [0.25, 0.3) is 0 Å². The van der Waals surface area contributed by atoms with Gasteiger partial charge >= 0.3 is 17.9 Å². The topological polar surface area (TPSA) is 187 Å². The predicted octanol–water partition coefficient (Wildman–Crippen LogP) is 1.62. The van der Waals surface area contributed by atoms with Crippen LogP contribution in [0.15, 0.2) is 58.7 Å². The number of esters is 1. The van der Waals surface area contributed by atoms with Crippen molar-refractivity contribution in [2.75, 3.05) is 0 Å². The summed E-state index contributed by atoms with van der Waals surface area (Å²) in [6.45, 7) is 0. The summed E-state index contributed by atoms with van der Waals surface area (Å²) in [4.78, 5) is 43.9. The highest BCUT2D eigenvalue weighted by atomic mass is 16.7. The summed E-state index contributed by atoms with van der Waals surface area (Å²) >= 11 is 0. The Hall–Kier alpha value is -4.41. The minimum absolute atomic E-state index is 0.0186. The number of ether oxygens (including phenoxy) is 1. The molecular formula is C21H20N4O7. The Kier molecular flexibility index (Phi) is 6.38. The second-order valence-corrected chi connectivity index (χ2v) is 7.13. The zero-order chi connectivity index (χ0) is 23.3. The highest BCUT2D eigenvalue weighted by Crippen LogP contribution is 2.34. The Morgan fingerprint density at radius 1 is 1.06 bits per heavy atom. The Morgan fingerprint density at radius 3 is 2.31 bits per heavy atom. The van der Waals surface area contributed by atoms with Gasteiger partial charge in [0, 0.05) is 12.0 Å². The van der Waals surface area contributed by atoms with Gasteiger partial charge in [-0.2, -0.15) is 0 Å². The molecule has 1 aliphatic rings. The number of carboxylic acid groups (broad SMARTS) is 2. The Morgan fingerprint density at radius 2 is 1.72 bits per heavy atom. The van der Waals surface area contributed by atoms with Gasteiger partial charge in [-0.05, 0) is 36.4 Å². The number of benzene rings is 2. The fraction of sp³-hybridized carbons (Fsp3) is 0.190. The third kappa shape index (κ3) is 5.59. The molecule has 0 atom stereocenters. The summed E-state index contributed by atoms with van der Waals surface area (Å²) in [6, 6.07) is 12.5. The van der Waals surface area contributed by atoms with Crippen molar-refractivity contribution in [3.8, 4) is 5.75 Å². The molecule has 6 N–H and O–H groups in total. The number of aliphatic imine (C=N–C) groups is 1. The number of hydrogen-bond acceptors (Lipinski definition) is 7. The quantitative estimate of drug-likeness (QED) is 0.205. The van der Waals surface area contributed by atoms with E-state index >= 15 is 0 Å². The Balaban J connectivity index is 1.73. The van der Waals surface area contributed by atoms with E-state index in [4.69, 9.17) is 31.3 Å². The molecule has 0 aliphatic carbocycles. The monoisotopic (exact) mass is 440 g/mol. The van der Waals surface area contributed by atoms with Crippen LogP contribution in [0.4, 0.5) is 5.69 Å². The van der Waals surface area contributed by atoms with Gasteiger partial charge in [0.25, 0.3) is 0 Å². The second-order valence-electron chi connectivity index (χ2n) is 7.13. The van der Waals surface area contributed by atoms with Gasteiger partial charge in [-0.1, -0.05) is 17.3 Å². The number of carbonyl (C=O) groups is 3. The summed E-state index contributed by atoms with van der Waals surface area (Å²) < 4.78 is 5.39. The number of nitrogens with zero attached hydrogens (tertiary/aromatic N) is 2. The number of carboxylic acids is 2. The minimum Gasteiger partial charge on any atom is -0.481 e. The standard InChI is InChI=1S/C21H20N4O7/c22-20(23)24-14-6-4-12(5-7-14)19(30)31-15-3-1-2-13(8-15)16-9-21(32-25-16,10-17(26)27)11-18(28)29/h1-8H,9-11H2,(H,26,27)(H,28,29)(H4,22,23,24). The first-order valence-corrected chi connectivity index (χ1v) is 9.37. The van der Waals surface area contributed by atoms with Crippen molar-refractivity contribution >= 4 is 35.3 Å². The first-order chi connectivity index (χ1) is 15.2. The largest absolute Gasteiger partial charge is 0.481 e. The maximum atomic E-state index is 12.4. The fourth-order valence-corrected chi connectivity index (χ4v) is 3.21. The van der Waals surface area contributed by atoms with Crippen molar-refractivity contribution in [1.29, 1.82) is 0 Å². The molecule has 0 saturated heterocycles. The number of aliphatic carboxylic acids is 2. The molecule has 166 valence electrons. The molecule has 0 radical (unpaired) electrons. The first kappa shape index (κ1) is 22.3. The number of guanidine groups is 1. The summed E-state index contributed by atoms with van der Waals surface area (Å²) in [7, 11) is 0. The van der Waals surface area contributed by atoms with E-state index in [-0.39, 0.29) is 23.7 Å². The van der Waals surface area contributed by atoms with Crippen LogP contribution in [0.1, 0.15) is 35.2 Å². The van der Waals surface area contributed by atoms with E-state index in [1.165, 1.54) is 18.2 Å². The maximum absolute atomic E-state index is 12.4. The van der Waals surface area contributed by atoms with E-state index in [2.05, 4.69) is 10.1 Å². The van der Waals surface area contributed by atoms with Crippen molar-refractivity contribution in [3.05, 3.63) is 59.7 Å². The van der Waals surface area contributed by atoms with Crippen LogP contribution < -0.4 is 16.2 Å². The zero-order valence-electron chi connectivity index (χ0n) is 16.7. The van der Waals surface area contributed by atoms with Crippen molar-refractivity contribution in [2.45, 2.75) is 24.9 Å². The number of nitrogens with two attached hydrogens (primary N) is 2. The van der Waals surface area contributed by atoms with Crippen LogP contribution in [-0.4, -0.2) is 45.4 Å². The fourth-order valence-electron chi connectivity index (χ4n) is 3.21. The smallest absolute Gasteiger partial charge is 0.343 e. The highest BCUT2D eigenvalue weighted by Gasteiger charge is 2.43. The molecule has 2 aromatic carbocycles. The lowest BCUT2D eigenvalue weighted by molar-refractivity contribution is -0.151. The number of carbonyl (C=O) groups excluding carboxylic acids is 1. The molecule has 2 aromatic rings. The van der Waals surface area contributed by atoms with E-state index in [1.807, 2.05) is 0 Å². The summed E-state index contributed by atoms with van der Waals surface area (Å²) in [6.07, 6.45) is -1.05. The van der Waals surface area contributed by atoms with Crippen molar-refractivity contribution in [3.63, 3.8) is 0 Å². The van der Waals surface area contributed by atoms with Crippen LogP contribution in [0.5, 0.6) is 5.75 Å². The van der Waals surface area contributed by atoms with E-state index in [9.17, 15) is 14.4 Å². The molecule has 0 unspecified atom stereocenters. The van der Waals surface area contributed by atoms with E-state index in [1.54, 1.807) is 30.3 Å². The van der Waals surface area contributed by atoms with E-state index in [0.29, 0.717) is 17.0 Å². The average Bonchev–Trinajstić information content (AvgIpc) is 3.10. The molecule has 0 fully saturated rings. The molecule has 1 heterocycles. The van der Waals surface area contributed by atoms with Crippen LogP contribution in [0.3, 0.4) is 0 Å². The van der Waals surface area contributed by atoms with Crippen LogP contribution in [0, 0.1) is 0 Å². The van der Waals surface area contributed by atoms with Crippen LogP contribution in [0.2, 0.25) is 0 Å². The SMILES string of the molecule is NC(N)=Nc1ccc(C(=O)Oc2cccc(C3=NOC(CC(=O)O)(CC(=O)O)C3)c2)cc1. The van der Waals surface area contributed by atoms with Crippen LogP contribution >= 0.6 is 0 Å². The van der Waals surface area contributed by atoms with Gasteiger partial charge in [-0.3, -0.25) is 9.59 Å². The summed E-state index contributed by atoms with van der Waals surface area (Å²) in [5, 5.41) is 22.1. The third-order valence-electron chi connectivity index (χ3n) is 4.52. The van der Waals surface area contributed by atoms with Crippen molar-refractivity contribution < 1.29 is 34.2 Å². The van der Waals surface area contributed by atoms with Gasteiger partial charge in [0.2, 0.25) is 0 Å². The summed E-state index contributed by atoms with van der Waals surface area (Å²) in [5.41, 5.74) is 10.8. The molecule has 0 amide bonds. The van der Waals surface area contributed by atoms with Crippen LogP contribution in [-0.2, 0) is 14.4 Å². The predicted molar refractivity (Wildman–Crippen MR) is 113 cm³/mol. The average molecular weight is 440 g/mol. The molecule has 0 saturated carbocycles. The lowest BCUT2D eigenvalue weighted by Gasteiger charge is -2.22. The Bertz CT molecular complexity index is 1090. The third-order valence-corrected chi connectivity index (χ3v) is 4.52. The van der Waals surface area contributed by atoms with Gasteiger partial charge < -0.3 is 31.3 Å². The van der Waals surface area contributed by atoms with Crippen molar-refractivity contribution in [1.82, 2.24) is 0 Å². The van der Waals surface area contributed by atoms with Crippen molar-refractivity contribution in [2.24, 2.45) is 21.6 Å². The lowest BCUT2D eigenvalue weighted by atomic mass is 9.88. The molecule has 0 aromatic heterocycles. The van der Waals surface area contributed by atoms with Gasteiger partial charge in [-0.25, -0.2) is 9.79 Å². The minimum atomic E-state index is -1.48. The van der Waals surface area contributed by atoms with Gasteiger partial charge in [0.15, 0.2) is 11.6 Å². The molecule has 32 heavy (non-hydrogen) atoms. The number of oxime groups is 1. The van der Waals surface area contributed by atoms with Gasteiger partial charge in [-0.15, -0.1) is 0 Å². The zero-order valence-corrected chi connectivity index (χ0v) is 16.7. The first-order valence-electron chi connectivity index (χ1n) is 9.37. The molecule has 0 spiro atoms. The van der Waals surface area contributed by atoms with Gasteiger partial charge in [0.1, 0.15) is 5.75 Å². The Labute approximate surface area is 181 Å². The molecule has 1 aliphatic heterocycles. The molecular weight excluding hydrogens is 420 g/mol. The molecule has 3 rings (SSSR count). The lowest BCUT2D eigenvalue weighted by Crippen LogP contribution is -2.35. The maximum Gasteiger partial charge on any atom is 0.343 e. The van der Waals surface area contributed by atoms with E-state index in [0.717, 1.165) is 0 Å². The summed E-state index contributed by atoms with van der Waals surface area (Å²) in [5.74, 6) is -2.90. The molecule has 11 heteroatoms. The highest BCUT2D eigenvalue weighted by molar-refractivity contribution is 6.02. The molecule has 0 bridgehead atoms. The normalized spacial score (nSPS) is 14.1. The second kappa shape index (κ2) is 9.16. The van der Waals surface area contributed by atoms with E-state index < -0.39 is 36.4 Å². The van der Waals surface area contributed by atoms with Gasteiger partial charge in [0.05, 0.1) is 29.8 Å². The number of hydrogen-bond donors (Lipinski definition) is 4.